The molecule has 0 N–H and O–H groups in total. The van der Waals surface area contributed by atoms with Crippen molar-refractivity contribution >= 4 is 11.8 Å². The average Bonchev–Trinajstić information content (AvgIpc) is 3.64. The lowest BCUT2D eigenvalue weighted by Gasteiger charge is -2.28. The third-order valence-electron chi connectivity index (χ3n) is 6.94. The zero-order valence-electron chi connectivity index (χ0n) is 20.9. The summed E-state index contributed by atoms with van der Waals surface area (Å²) in [6.07, 6.45) is 2.75. The second kappa shape index (κ2) is 11.5. The molecule has 0 saturated heterocycles. The molecule has 0 unspecified atom stereocenters. The maximum absolute atomic E-state index is 6.23. The number of nitrogens with zero attached hydrogens (tertiary/aromatic N) is 2. The molecule has 2 atom stereocenters. The number of benzene rings is 3. The summed E-state index contributed by atoms with van der Waals surface area (Å²) in [5.74, 6) is 1.46. The van der Waals surface area contributed by atoms with E-state index in [1.54, 1.807) is 0 Å². The molecule has 2 heterocycles. The van der Waals surface area contributed by atoms with Crippen LogP contribution < -0.4 is 0 Å². The minimum absolute atomic E-state index is 0.00153. The van der Waals surface area contributed by atoms with Gasteiger partial charge in [-0.1, -0.05) is 91.0 Å². The summed E-state index contributed by atoms with van der Waals surface area (Å²) in [6.45, 7) is 4.61. The summed E-state index contributed by atoms with van der Waals surface area (Å²) < 4.78 is 18.4. The Morgan fingerprint density at radius 3 is 1.75 bits per heavy atom. The predicted octanol–water partition coefficient (Wildman–Crippen LogP) is 6.72. The van der Waals surface area contributed by atoms with Gasteiger partial charge in [0.1, 0.15) is 30.7 Å². The number of ether oxygens (including phenoxy) is 3. The van der Waals surface area contributed by atoms with Crippen LogP contribution in [0.5, 0.6) is 0 Å². The summed E-state index contributed by atoms with van der Waals surface area (Å²) >= 11 is 0. The van der Waals surface area contributed by atoms with Crippen LogP contribution >= 0.6 is 0 Å². The smallest absolute Gasteiger partial charge is 0.199 e. The molecule has 186 valence electrons. The minimum atomic E-state index is -0.507. The van der Waals surface area contributed by atoms with Crippen LogP contribution in [0.15, 0.2) is 101 Å². The molecule has 0 saturated carbocycles. The normalized spacial score (nSPS) is 19.4. The van der Waals surface area contributed by atoms with Crippen molar-refractivity contribution in [1.29, 1.82) is 0 Å². The molecule has 2 aliphatic rings. The van der Waals surface area contributed by atoms with E-state index in [4.69, 9.17) is 24.2 Å². The van der Waals surface area contributed by atoms with Gasteiger partial charge >= 0.3 is 0 Å². The van der Waals surface area contributed by atoms with Crippen molar-refractivity contribution in [3.8, 4) is 0 Å². The standard InChI is InChI=1S/C31H34N2O3/c1-31(19-11-12-20-34-21-24-13-5-2-6-14-24,29-32-27(22-35-29)25-15-7-3-8-16-25)30-33-28(23-36-30)26-17-9-4-10-18-26/h2-10,13-18,27-28H,11-12,19-23H2,1H3/t27-,28-/m1/s1. The molecule has 0 fully saturated rings. The van der Waals surface area contributed by atoms with E-state index in [9.17, 15) is 0 Å². The molecule has 0 spiro atoms. The molecule has 5 heteroatoms. The highest BCUT2D eigenvalue weighted by atomic mass is 16.5. The van der Waals surface area contributed by atoms with Gasteiger partial charge in [-0.2, -0.15) is 0 Å². The fourth-order valence-electron chi connectivity index (χ4n) is 4.80. The quantitative estimate of drug-likeness (QED) is 0.285. The van der Waals surface area contributed by atoms with Gasteiger partial charge in [0.05, 0.1) is 6.61 Å². The van der Waals surface area contributed by atoms with E-state index >= 15 is 0 Å². The molecule has 0 aliphatic carbocycles. The van der Waals surface area contributed by atoms with E-state index in [0.29, 0.717) is 26.4 Å². The fraction of sp³-hybridized carbons (Fsp3) is 0.355. The van der Waals surface area contributed by atoms with Crippen molar-refractivity contribution in [2.24, 2.45) is 15.4 Å². The van der Waals surface area contributed by atoms with Gasteiger partial charge < -0.3 is 14.2 Å². The van der Waals surface area contributed by atoms with Crippen LogP contribution in [0.2, 0.25) is 0 Å². The van der Waals surface area contributed by atoms with Gasteiger partial charge in [0, 0.05) is 6.61 Å². The highest BCUT2D eigenvalue weighted by Gasteiger charge is 2.45. The molecule has 3 aromatic carbocycles. The second-order valence-electron chi connectivity index (χ2n) is 9.67. The van der Waals surface area contributed by atoms with E-state index in [0.717, 1.165) is 31.1 Å². The van der Waals surface area contributed by atoms with Crippen LogP contribution in [0.3, 0.4) is 0 Å². The highest BCUT2D eigenvalue weighted by molar-refractivity contribution is 6.05. The Balaban J connectivity index is 1.28. The molecule has 5 nitrogen and oxygen atoms in total. The van der Waals surface area contributed by atoms with E-state index < -0.39 is 5.41 Å². The van der Waals surface area contributed by atoms with Crippen LogP contribution in [0.1, 0.15) is 55.0 Å². The van der Waals surface area contributed by atoms with E-state index in [1.807, 2.05) is 54.6 Å². The Kier molecular flexibility index (Phi) is 7.77. The third kappa shape index (κ3) is 5.68. The molecular weight excluding hydrogens is 448 g/mol. The Bertz CT molecular complexity index is 1100. The van der Waals surface area contributed by atoms with Gasteiger partial charge in [-0.3, -0.25) is 0 Å². The summed E-state index contributed by atoms with van der Waals surface area (Å²) in [4.78, 5) is 10.1. The zero-order valence-corrected chi connectivity index (χ0v) is 20.9. The first-order chi connectivity index (χ1) is 17.7. The number of rotatable bonds is 11. The van der Waals surface area contributed by atoms with Crippen molar-refractivity contribution in [3.63, 3.8) is 0 Å². The van der Waals surface area contributed by atoms with E-state index in [1.165, 1.54) is 16.7 Å². The molecule has 36 heavy (non-hydrogen) atoms. The first-order valence-electron chi connectivity index (χ1n) is 12.9. The predicted molar refractivity (Wildman–Crippen MR) is 143 cm³/mol. The topological polar surface area (TPSA) is 52.4 Å². The first kappa shape index (κ1) is 24.3. The molecule has 2 aliphatic heterocycles. The molecule has 0 bridgehead atoms. The summed E-state index contributed by atoms with van der Waals surface area (Å²) in [6, 6.07) is 31.0. The molecule has 0 aromatic heterocycles. The highest BCUT2D eigenvalue weighted by Crippen LogP contribution is 2.39. The Morgan fingerprint density at radius 2 is 1.22 bits per heavy atom. The second-order valence-corrected chi connectivity index (χ2v) is 9.67. The Morgan fingerprint density at radius 1 is 0.722 bits per heavy atom. The summed E-state index contributed by atoms with van der Waals surface area (Å²) in [7, 11) is 0. The van der Waals surface area contributed by atoms with Gasteiger partial charge in [-0.05, 0) is 42.9 Å². The van der Waals surface area contributed by atoms with Crippen LogP contribution in [-0.2, 0) is 20.8 Å². The van der Waals surface area contributed by atoms with Crippen molar-refractivity contribution in [1.82, 2.24) is 0 Å². The molecule has 0 amide bonds. The Labute approximate surface area is 213 Å². The lowest BCUT2D eigenvalue weighted by molar-refractivity contribution is 0.115. The zero-order chi connectivity index (χ0) is 24.6. The van der Waals surface area contributed by atoms with Crippen molar-refractivity contribution in [2.45, 2.75) is 44.9 Å². The molecule has 5 rings (SSSR count). The monoisotopic (exact) mass is 482 g/mol. The maximum Gasteiger partial charge on any atom is 0.199 e. The van der Waals surface area contributed by atoms with Gasteiger partial charge in [0.25, 0.3) is 0 Å². The van der Waals surface area contributed by atoms with Gasteiger partial charge in [-0.15, -0.1) is 0 Å². The van der Waals surface area contributed by atoms with E-state index in [2.05, 4.69) is 43.3 Å². The largest absolute Gasteiger partial charge is 0.478 e. The summed E-state index contributed by atoms with van der Waals surface area (Å²) in [5, 5.41) is 0. The van der Waals surface area contributed by atoms with Gasteiger partial charge in [-0.25, -0.2) is 9.98 Å². The third-order valence-corrected chi connectivity index (χ3v) is 6.94. The molecule has 3 aromatic rings. The number of unbranched alkanes of at least 4 members (excludes halogenated alkanes) is 1. The minimum Gasteiger partial charge on any atom is -0.478 e. The van der Waals surface area contributed by atoms with Crippen LogP contribution in [0.25, 0.3) is 0 Å². The van der Waals surface area contributed by atoms with Gasteiger partial charge in [0.2, 0.25) is 0 Å². The van der Waals surface area contributed by atoms with E-state index in [-0.39, 0.29) is 12.1 Å². The maximum atomic E-state index is 6.23. The number of hydrogen-bond acceptors (Lipinski definition) is 5. The number of hydrogen-bond donors (Lipinski definition) is 0. The van der Waals surface area contributed by atoms with Crippen LogP contribution in [-0.4, -0.2) is 31.6 Å². The van der Waals surface area contributed by atoms with Crippen LogP contribution in [0.4, 0.5) is 0 Å². The van der Waals surface area contributed by atoms with Crippen molar-refractivity contribution in [2.75, 3.05) is 19.8 Å². The van der Waals surface area contributed by atoms with Crippen LogP contribution in [0, 0.1) is 5.41 Å². The van der Waals surface area contributed by atoms with Crippen molar-refractivity contribution in [3.05, 3.63) is 108 Å². The lowest BCUT2D eigenvalue weighted by Crippen LogP contribution is -2.37. The first-order valence-corrected chi connectivity index (χ1v) is 12.9. The van der Waals surface area contributed by atoms with Crippen molar-refractivity contribution < 1.29 is 14.2 Å². The summed E-state index contributed by atoms with van der Waals surface area (Å²) in [5.41, 5.74) is 3.02. The molecule has 0 radical (unpaired) electrons. The average molecular weight is 483 g/mol. The Hall–Kier alpha value is -3.44. The lowest BCUT2D eigenvalue weighted by atomic mass is 9.84. The number of aliphatic imine (C=N–C) groups is 2. The fourth-order valence-corrected chi connectivity index (χ4v) is 4.80. The molecular formula is C31H34N2O3. The van der Waals surface area contributed by atoms with Gasteiger partial charge in [0.15, 0.2) is 11.8 Å². The SMILES string of the molecule is CC(CCCCOCc1ccccc1)(C1=N[C@@H](c2ccccc2)CO1)C1=N[C@@H](c2ccccc2)CO1.